The topological polar surface area (TPSA) is 12.0 Å². The van der Waals surface area contributed by atoms with Crippen molar-refractivity contribution in [3.63, 3.8) is 0 Å². The summed E-state index contributed by atoms with van der Waals surface area (Å²) in [6.07, 6.45) is -2.50. The summed E-state index contributed by atoms with van der Waals surface area (Å²) in [5, 5.41) is 2.87. The predicted octanol–water partition coefficient (Wildman–Crippen LogP) is 4.04. The Hall–Kier alpha value is -1.45. The van der Waals surface area contributed by atoms with Crippen molar-refractivity contribution in [3.05, 3.63) is 41.6 Å². The van der Waals surface area contributed by atoms with Crippen LogP contribution in [0.4, 0.5) is 18.9 Å². The Morgan fingerprint density at radius 1 is 1.33 bits per heavy atom. The standard InChI is InChI=1S/C11H12F3N/c1-3-8(2)15-10-6-4-5-9(7-10)11(12,13)14/h3-7,15H,1-2H3/b8-3+. The van der Waals surface area contributed by atoms with Gasteiger partial charge in [0.25, 0.3) is 0 Å². The van der Waals surface area contributed by atoms with Gasteiger partial charge in [0.05, 0.1) is 5.56 Å². The van der Waals surface area contributed by atoms with Gasteiger partial charge in [-0.3, -0.25) is 0 Å². The van der Waals surface area contributed by atoms with E-state index in [-0.39, 0.29) is 0 Å². The van der Waals surface area contributed by atoms with Crippen LogP contribution in [0.25, 0.3) is 0 Å². The van der Waals surface area contributed by atoms with E-state index in [9.17, 15) is 13.2 Å². The largest absolute Gasteiger partial charge is 0.416 e. The van der Waals surface area contributed by atoms with Crippen LogP contribution in [0.15, 0.2) is 36.0 Å². The lowest BCUT2D eigenvalue weighted by atomic mass is 10.2. The first-order valence-electron chi connectivity index (χ1n) is 4.50. The third kappa shape index (κ3) is 3.31. The van der Waals surface area contributed by atoms with Crippen LogP contribution in [-0.2, 0) is 6.18 Å². The molecule has 1 rings (SSSR count). The number of halogens is 3. The van der Waals surface area contributed by atoms with Gasteiger partial charge in [0, 0.05) is 11.4 Å². The molecule has 15 heavy (non-hydrogen) atoms. The predicted molar refractivity (Wildman–Crippen MR) is 54.5 cm³/mol. The van der Waals surface area contributed by atoms with Crippen molar-refractivity contribution in [1.29, 1.82) is 0 Å². The highest BCUT2D eigenvalue weighted by atomic mass is 19.4. The van der Waals surface area contributed by atoms with E-state index in [1.54, 1.807) is 19.1 Å². The molecule has 1 aromatic carbocycles. The maximum Gasteiger partial charge on any atom is 0.416 e. The summed E-state index contributed by atoms with van der Waals surface area (Å²) in [5.74, 6) is 0. The molecule has 0 unspecified atom stereocenters. The zero-order valence-electron chi connectivity index (χ0n) is 8.52. The van der Waals surface area contributed by atoms with Crippen LogP contribution in [0.1, 0.15) is 19.4 Å². The molecule has 1 aromatic rings. The van der Waals surface area contributed by atoms with Gasteiger partial charge in [-0.15, -0.1) is 0 Å². The lowest BCUT2D eigenvalue weighted by Gasteiger charge is -2.10. The normalized spacial score (nSPS) is 12.7. The van der Waals surface area contributed by atoms with E-state index < -0.39 is 11.7 Å². The van der Waals surface area contributed by atoms with E-state index in [4.69, 9.17) is 0 Å². The molecule has 0 aliphatic heterocycles. The number of allylic oxidation sites excluding steroid dienone is 2. The van der Waals surface area contributed by atoms with Crippen molar-refractivity contribution >= 4 is 5.69 Å². The Bertz CT molecular complexity index is 366. The maximum absolute atomic E-state index is 12.3. The Balaban J connectivity index is 2.93. The van der Waals surface area contributed by atoms with Crippen LogP contribution in [0, 0.1) is 0 Å². The van der Waals surface area contributed by atoms with Gasteiger partial charge in [-0.2, -0.15) is 13.2 Å². The van der Waals surface area contributed by atoms with E-state index in [1.807, 2.05) is 6.92 Å². The fourth-order valence-electron chi connectivity index (χ4n) is 1.07. The highest BCUT2D eigenvalue weighted by Gasteiger charge is 2.30. The Kier molecular flexibility index (Phi) is 3.39. The zero-order chi connectivity index (χ0) is 11.5. The number of anilines is 1. The number of hydrogen-bond donors (Lipinski definition) is 1. The highest BCUT2D eigenvalue weighted by molar-refractivity contribution is 5.50. The summed E-state index contributed by atoms with van der Waals surface area (Å²) in [6, 6.07) is 5.12. The second-order valence-electron chi connectivity index (χ2n) is 3.18. The molecule has 0 heterocycles. The molecule has 1 N–H and O–H groups in total. The first-order chi connectivity index (χ1) is 6.93. The van der Waals surface area contributed by atoms with Crippen LogP contribution in [0.5, 0.6) is 0 Å². The van der Waals surface area contributed by atoms with Crippen LogP contribution in [0.3, 0.4) is 0 Å². The van der Waals surface area contributed by atoms with Gasteiger partial charge in [0.2, 0.25) is 0 Å². The van der Waals surface area contributed by atoms with Crippen LogP contribution >= 0.6 is 0 Å². The molecule has 82 valence electrons. The second kappa shape index (κ2) is 4.38. The van der Waals surface area contributed by atoms with E-state index in [0.717, 1.165) is 17.8 Å². The SMILES string of the molecule is C/C=C(\C)Nc1cccc(C(F)(F)F)c1. The number of alkyl halides is 3. The summed E-state index contributed by atoms with van der Waals surface area (Å²) < 4.78 is 37.0. The summed E-state index contributed by atoms with van der Waals surface area (Å²) in [5.41, 5.74) is 0.617. The number of hydrogen-bond acceptors (Lipinski definition) is 1. The van der Waals surface area contributed by atoms with Crippen molar-refractivity contribution < 1.29 is 13.2 Å². The molecular weight excluding hydrogens is 203 g/mol. The summed E-state index contributed by atoms with van der Waals surface area (Å²) >= 11 is 0. The molecular formula is C11H12F3N. The molecule has 0 spiro atoms. The lowest BCUT2D eigenvalue weighted by molar-refractivity contribution is -0.137. The molecule has 0 aliphatic rings. The first-order valence-corrected chi connectivity index (χ1v) is 4.50. The fraction of sp³-hybridized carbons (Fsp3) is 0.273. The van der Waals surface area contributed by atoms with E-state index >= 15 is 0 Å². The summed E-state index contributed by atoms with van der Waals surface area (Å²) in [4.78, 5) is 0. The smallest absolute Gasteiger partial charge is 0.359 e. The Labute approximate surface area is 86.6 Å². The zero-order valence-corrected chi connectivity index (χ0v) is 8.52. The minimum atomic E-state index is -4.29. The third-order valence-corrected chi connectivity index (χ3v) is 1.96. The highest BCUT2D eigenvalue weighted by Crippen LogP contribution is 2.30. The number of nitrogens with one attached hydrogen (secondary N) is 1. The van der Waals surface area contributed by atoms with Gasteiger partial charge in [0.1, 0.15) is 0 Å². The molecule has 0 saturated carbocycles. The molecule has 0 atom stereocenters. The van der Waals surface area contributed by atoms with Gasteiger partial charge >= 0.3 is 6.18 Å². The molecule has 1 nitrogen and oxygen atoms in total. The Morgan fingerprint density at radius 2 is 2.00 bits per heavy atom. The van der Waals surface area contributed by atoms with Crippen LogP contribution in [-0.4, -0.2) is 0 Å². The molecule has 0 amide bonds. The lowest BCUT2D eigenvalue weighted by Crippen LogP contribution is -2.05. The molecule has 0 fully saturated rings. The van der Waals surface area contributed by atoms with Crippen LogP contribution < -0.4 is 5.32 Å². The fourth-order valence-corrected chi connectivity index (χ4v) is 1.07. The van der Waals surface area contributed by atoms with E-state index in [0.29, 0.717) is 5.69 Å². The van der Waals surface area contributed by atoms with Gasteiger partial charge in [0.15, 0.2) is 0 Å². The van der Waals surface area contributed by atoms with Gasteiger partial charge in [-0.05, 0) is 32.0 Å². The first kappa shape index (κ1) is 11.6. The van der Waals surface area contributed by atoms with Gasteiger partial charge in [-0.25, -0.2) is 0 Å². The van der Waals surface area contributed by atoms with Crippen LogP contribution in [0.2, 0.25) is 0 Å². The van der Waals surface area contributed by atoms with E-state index in [1.165, 1.54) is 6.07 Å². The Morgan fingerprint density at radius 3 is 2.53 bits per heavy atom. The minimum Gasteiger partial charge on any atom is -0.359 e. The molecule has 0 radical (unpaired) electrons. The van der Waals surface area contributed by atoms with Crippen molar-refractivity contribution in [3.8, 4) is 0 Å². The molecule has 0 aromatic heterocycles. The second-order valence-corrected chi connectivity index (χ2v) is 3.18. The quantitative estimate of drug-likeness (QED) is 0.785. The molecule has 0 saturated heterocycles. The van der Waals surface area contributed by atoms with Gasteiger partial charge < -0.3 is 5.32 Å². The minimum absolute atomic E-state index is 0.445. The van der Waals surface area contributed by atoms with Crippen molar-refractivity contribution in [2.45, 2.75) is 20.0 Å². The third-order valence-electron chi connectivity index (χ3n) is 1.96. The van der Waals surface area contributed by atoms with E-state index in [2.05, 4.69) is 5.32 Å². The monoisotopic (exact) mass is 215 g/mol. The van der Waals surface area contributed by atoms with Crippen molar-refractivity contribution in [2.75, 3.05) is 5.32 Å². The maximum atomic E-state index is 12.3. The summed E-state index contributed by atoms with van der Waals surface area (Å²) in [7, 11) is 0. The average Bonchev–Trinajstić information content (AvgIpc) is 2.17. The molecule has 4 heteroatoms. The number of benzene rings is 1. The van der Waals surface area contributed by atoms with Crippen molar-refractivity contribution in [1.82, 2.24) is 0 Å². The average molecular weight is 215 g/mol. The van der Waals surface area contributed by atoms with Gasteiger partial charge in [-0.1, -0.05) is 12.1 Å². The number of rotatable bonds is 2. The summed E-state index contributed by atoms with van der Waals surface area (Å²) in [6.45, 7) is 3.61. The molecule has 0 aliphatic carbocycles. The molecule has 0 bridgehead atoms. The van der Waals surface area contributed by atoms with Crippen molar-refractivity contribution in [2.24, 2.45) is 0 Å².